The van der Waals surface area contributed by atoms with Gasteiger partial charge in [0.2, 0.25) is 5.75 Å². The van der Waals surface area contributed by atoms with Crippen molar-refractivity contribution in [3.8, 4) is 28.7 Å². The summed E-state index contributed by atoms with van der Waals surface area (Å²) in [6, 6.07) is 8.27. The standard InChI is InChI=1S/C26H30O10/c1-31-20-11-9-17(14-21(20)35-12-13-36-25(30)7-5-6-24(28)29)8-10-19(27)18-15-22(32-2)26(34-4)23(16-18)33-3/h8-11,14-16H,5-7,12-13H2,1-4H3,(H,28,29)/b10-8+. The number of carbonyl (C=O) groups is 3. The number of rotatable bonds is 15. The average Bonchev–Trinajstić information content (AvgIpc) is 2.88. The van der Waals surface area contributed by atoms with E-state index in [4.69, 9.17) is 33.5 Å². The van der Waals surface area contributed by atoms with Crippen molar-refractivity contribution < 1.29 is 47.9 Å². The SMILES string of the molecule is COc1ccc(/C=C/C(=O)c2cc(OC)c(OC)c(OC)c2)cc1OCCOC(=O)CCCC(=O)O. The van der Waals surface area contributed by atoms with Crippen LogP contribution in [0.4, 0.5) is 0 Å². The Hall–Kier alpha value is -4.21. The Morgan fingerprint density at radius 2 is 1.47 bits per heavy atom. The molecule has 194 valence electrons. The maximum atomic E-state index is 12.8. The van der Waals surface area contributed by atoms with Gasteiger partial charge in [-0.25, -0.2) is 0 Å². The van der Waals surface area contributed by atoms with Crippen LogP contribution in [0.25, 0.3) is 6.08 Å². The summed E-state index contributed by atoms with van der Waals surface area (Å²) in [6.07, 6.45) is 3.18. The molecule has 0 spiro atoms. The number of esters is 1. The topological polar surface area (TPSA) is 127 Å². The highest BCUT2D eigenvalue weighted by molar-refractivity contribution is 6.07. The summed E-state index contributed by atoms with van der Waals surface area (Å²) in [5, 5.41) is 8.60. The maximum Gasteiger partial charge on any atom is 0.305 e. The van der Waals surface area contributed by atoms with Gasteiger partial charge < -0.3 is 33.5 Å². The fraction of sp³-hybridized carbons (Fsp3) is 0.346. The van der Waals surface area contributed by atoms with Crippen LogP contribution in [0.5, 0.6) is 28.7 Å². The molecule has 0 aliphatic rings. The third-order valence-electron chi connectivity index (χ3n) is 4.94. The van der Waals surface area contributed by atoms with Crippen LogP contribution in [0.3, 0.4) is 0 Å². The fourth-order valence-corrected chi connectivity index (χ4v) is 3.16. The van der Waals surface area contributed by atoms with Crippen LogP contribution in [0.2, 0.25) is 0 Å². The molecule has 2 rings (SSSR count). The Balaban J connectivity index is 2.03. The number of benzene rings is 2. The van der Waals surface area contributed by atoms with Crippen LogP contribution in [0.1, 0.15) is 35.2 Å². The van der Waals surface area contributed by atoms with Gasteiger partial charge in [0, 0.05) is 18.4 Å². The molecular formula is C26H30O10. The molecule has 0 aromatic heterocycles. The van der Waals surface area contributed by atoms with Crippen molar-refractivity contribution in [3.05, 3.63) is 47.5 Å². The molecule has 10 nitrogen and oxygen atoms in total. The number of methoxy groups -OCH3 is 4. The average molecular weight is 503 g/mol. The second-order valence-electron chi connectivity index (χ2n) is 7.34. The molecule has 10 heteroatoms. The number of carboxylic acids is 1. The largest absolute Gasteiger partial charge is 0.493 e. The highest BCUT2D eigenvalue weighted by Gasteiger charge is 2.16. The third-order valence-corrected chi connectivity index (χ3v) is 4.94. The van der Waals surface area contributed by atoms with Gasteiger partial charge in [-0.3, -0.25) is 14.4 Å². The first-order valence-corrected chi connectivity index (χ1v) is 11.0. The van der Waals surface area contributed by atoms with Gasteiger partial charge in [-0.1, -0.05) is 12.1 Å². The molecule has 0 atom stereocenters. The molecule has 0 aliphatic carbocycles. The Morgan fingerprint density at radius 3 is 2.06 bits per heavy atom. The van der Waals surface area contributed by atoms with Crippen LogP contribution in [-0.2, 0) is 14.3 Å². The molecule has 1 N–H and O–H groups in total. The van der Waals surface area contributed by atoms with Crippen LogP contribution in [0.15, 0.2) is 36.4 Å². The van der Waals surface area contributed by atoms with Crippen molar-refractivity contribution in [1.82, 2.24) is 0 Å². The normalized spacial score (nSPS) is 10.6. The van der Waals surface area contributed by atoms with Gasteiger partial charge in [0.1, 0.15) is 13.2 Å². The predicted molar refractivity (Wildman–Crippen MR) is 130 cm³/mol. The van der Waals surface area contributed by atoms with E-state index in [2.05, 4.69) is 0 Å². The number of carboxylic acid groups (broad SMARTS) is 1. The minimum atomic E-state index is -0.961. The Morgan fingerprint density at radius 1 is 0.806 bits per heavy atom. The molecule has 0 bridgehead atoms. The summed E-state index contributed by atoms with van der Waals surface area (Å²) in [6.45, 7) is 0.0628. The van der Waals surface area contributed by atoms with Gasteiger partial charge in [-0.05, 0) is 42.3 Å². The predicted octanol–water partition coefficient (Wildman–Crippen LogP) is 3.79. The molecule has 2 aromatic carbocycles. The highest BCUT2D eigenvalue weighted by atomic mass is 16.6. The lowest BCUT2D eigenvalue weighted by molar-refractivity contribution is -0.144. The van der Waals surface area contributed by atoms with Gasteiger partial charge >= 0.3 is 11.9 Å². The van der Waals surface area contributed by atoms with Gasteiger partial charge in [0.15, 0.2) is 28.8 Å². The van der Waals surface area contributed by atoms with Gasteiger partial charge in [0.05, 0.1) is 28.4 Å². The molecular weight excluding hydrogens is 472 g/mol. The number of ether oxygens (including phenoxy) is 6. The number of hydrogen-bond donors (Lipinski definition) is 1. The first kappa shape index (κ1) is 28.0. The van der Waals surface area contributed by atoms with E-state index in [0.29, 0.717) is 39.9 Å². The lowest BCUT2D eigenvalue weighted by Crippen LogP contribution is -2.12. The number of ketones is 1. The molecule has 0 saturated carbocycles. The summed E-state index contributed by atoms with van der Waals surface area (Å²) in [7, 11) is 5.92. The summed E-state index contributed by atoms with van der Waals surface area (Å²) in [5.74, 6) is 0.280. The summed E-state index contributed by atoms with van der Waals surface area (Å²) in [5.41, 5.74) is 1.04. The molecule has 0 amide bonds. The van der Waals surface area contributed by atoms with E-state index in [1.165, 1.54) is 34.5 Å². The van der Waals surface area contributed by atoms with Crippen molar-refractivity contribution in [2.24, 2.45) is 0 Å². The maximum absolute atomic E-state index is 12.8. The lowest BCUT2D eigenvalue weighted by atomic mass is 10.1. The zero-order valence-corrected chi connectivity index (χ0v) is 20.7. The third kappa shape index (κ3) is 8.23. The minimum Gasteiger partial charge on any atom is -0.493 e. The number of hydrogen-bond acceptors (Lipinski definition) is 9. The van der Waals surface area contributed by atoms with E-state index >= 15 is 0 Å². The van der Waals surface area contributed by atoms with E-state index in [1.807, 2.05) is 0 Å². The molecule has 0 unspecified atom stereocenters. The van der Waals surface area contributed by atoms with Crippen molar-refractivity contribution in [2.45, 2.75) is 19.3 Å². The van der Waals surface area contributed by atoms with Crippen LogP contribution in [0, 0.1) is 0 Å². The van der Waals surface area contributed by atoms with Crippen LogP contribution in [-0.4, -0.2) is 64.5 Å². The van der Waals surface area contributed by atoms with Crippen LogP contribution < -0.4 is 23.7 Å². The smallest absolute Gasteiger partial charge is 0.305 e. The summed E-state index contributed by atoms with van der Waals surface area (Å²) in [4.78, 5) is 34.9. The van der Waals surface area contributed by atoms with Crippen molar-refractivity contribution in [2.75, 3.05) is 41.7 Å². The summed E-state index contributed by atoms with van der Waals surface area (Å²) < 4.78 is 31.9. The molecule has 0 fully saturated rings. The van der Waals surface area contributed by atoms with Gasteiger partial charge in [0.25, 0.3) is 0 Å². The van der Waals surface area contributed by atoms with E-state index in [9.17, 15) is 14.4 Å². The minimum absolute atomic E-state index is 0.00521. The van der Waals surface area contributed by atoms with E-state index in [-0.39, 0.29) is 38.3 Å². The van der Waals surface area contributed by atoms with E-state index in [1.54, 1.807) is 36.4 Å². The first-order valence-electron chi connectivity index (χ1n) is 11.0. The second kappa shape index (κ2) is 14.2. The summed E-state index contributed by atoms with van der Waals surface area (Å²) >= 11 is 0. The first-order chi connectivity index (χ1) is 17.3. The van der Waals surface area contributed by atoms with Gasteiger partial charge in [-0.2, -0.15) is 0 Å². The molecule has 2 aromatic rings. The second-order valence-corrected chi connectivity index (χ2v) is 7.34. The van der Waals surface area contributed by atoms with Crippen molar-refractivity contribution >= 4 is 23.8 Å². The highest BCUT2D eigenvalue weighted by Crippen LogP contribution is 2.38. The van der Waals surface area contributed by atoms with Crippen molar-refractivity contribution in [3.63, 3.8) is 0 Å². The number of aliphatic carboxylic acids is 1. The fourth-order valence-electron chi connectivity index (χ4n) is 3.16. The van der Waals surface area contributed by atoms with E-state index in [0.717, 1.165) is 0 Å². The zero-order chi connectivity index (χ0) is 26.5. The molecule has 0 aliphatic heterocycles. The molecule has 0 heterocycles. The zero-order valence-electron chi connectivity index (χ0n) is 20.7. The molecule has 0 radical (unpaired) electrons. The van der Waals surface area contributed by atoms with Gasteiger partial charge in [-0.15, -0.1) is 0 Å². The Kier molecular flexibility index (Phi) is 11.1. The Bertz CT molecular complexity index is 1070. The monoisotopic (exact) mass is 502 g/mol. The number of carbonyl (C=O) groups excluding carboxylic acids is 2. The lowest BCUT2D eigenvalue weighted by Gasteiger charge is -2.13. The van der Waals surface area contributed by atoms with E-state index < -0.39 is 11.9 Å². The molecule has 36 heavy (non-hydrogen) atoms. The Labute approximate surface area is 209 Å². The molecule has 0 saturated heterocycles. The number of allylic oxidation sites excluding steroid dienone is 1. The van der Waals surface area contributed by atoms with Crippen LogP contribution >= 0.6 is 0 Å². The van der Waals surface area contributed by atoms with Crippen molar-refractivity contribution in [1.29, 1.82) is 0 Å². The quantitative estimate of drug-likeness (QED) is 0.166.